The monoisotopic (exact) mass is 398 g/mol. The first-order valence-electron chi connectivity index (χ1n) is 8.88. The smallest absolute Gasteiger partial charge is 0.292 e. The van der Waals surface area contributed by atoms with Crippen LogP contribution in [0.15, 0.2) is 65.6 Å². The minimum absolute atomic E-state index is 0.0820. The van der Waals surface area contributed by atoms with Crippen LogP contribution < -0.4 is 15.6 Å². The quantitative estimate of drug-likeness (QED) is 0.658. The molecule has 146 valence electrons. The molecule has 0 spiro atoms. The maximum atomic E-state index is 12.6. The van der Waals surface area contributed by atoms with Gasteiger partial charge in [-0.1, -0.05) is 41.9 Å². The Morgan fingerprint density at radius 2 is 1.82 bits per heavy atom. The lowest BCUT2D eigenvalue weighted by atomic mass is 10.1. The number of aromatic nitrogens is 2. The molecule has 0 fully saturated rings. The second-order valence-electron chi connectivity index (χ2n) is 6.56. The van der Waals surface area contributed by atoms with Gasteiger partial charge in [-0.05, 0) is 43.9 Å². The van der Waals surface area contributed by atoms with E-state index in [0.29, 0.717) is 17.9 Å². The Balaban J connectivity index is 1.80. The van der Waals surface area contributed by atoms with Crippen LogP contribution in [0, 0.1) is 0 Å². The van der Waals surface area contributed by atoms with Gasteiger partial charge in [-0.3, -0.25) is 4.79 Å². The summed E-state index contributed by atoms with van der Waals surface area (Å²) in [6.07, 6.45) is 1.58. The van der Waals surface area contributed by atoms with E-state index < -0.39 is 0 Å². The zero-order valence-corrected chi connectivity index (χ0v) is 16.8. The predicted molar refractivity (Wildman–Crippen MR) is 113 cm³/mol. The third-order valence-corrected chi connectivity index (χ3v) is 4.89. The van der Waals surface area contributed by atoms with E-state index in [0.717, 1.165) is 11.3 Å². The highest BCUT2D eigenvalue weighted by molar-refractivity contribution is 6.32. The minimum Gasteiger partial charge on any atom is -0.497 e. The SMILES string of the molecule is COc1ccc(C(CNc2cnn(-c3ccccc3)c(=O)c2Cl)N(C)C)cc1. The van der Waals surface area contributed by atoms with Crippen LogP contribution in [-0.4, -0.2) is 42.4 Å². The standard InChI is InChI=1S/C21H23ClN4O2/c1-25(2)19(15-9-11-17(28-3)12-10-15)14-23-18-13-24-26(21(27)20(18)22)16-7-5-4-6-8-16/h4-13,19,23H,14H2,1-3H3. The highest BCUT2D eigenvalue weighted by Crippen LogP contribution is 2.23. The molecule has 3 rings (SSSR count). The van der Waals surface area contributed by atoms with Gasteiger partial charge in [0, 0.05) is 6.54 Å². The molecule has 0 aliphatic heterocycles. The van der Waals surface area contributed by atoms with Crippen LogP contribution in [0.4, 0.5) is 5.69 Å². The fourth-order valence-corrected chi connectivity index (χ4v) is 3.14. The van der Waals surface area contributed by atoms with Gasteiger partial charge in [0.2, 0.25) is 0 Å². The number of methoxy groups -OCH3 is 1. The van der Waals surface area contributed by atoms with E-state index in [2.05, 4.69) is 15.3 Å². The maximum Gasteiger partial charge on any atom is 0.292 e. The van der Waals surface area contributed by atoms with Crippen LogP contribution in [0.25, 0.3) is 5.69 Å². The van der Waals surface area contributed by atoms with Crippen LogP contribution >= 0.6 is 11.6 Å². The number of nitrogens with one attached hydrogen (secondary N) is 1. The largest absolute Gasteiger partial charge is 0.497 e. The van der Waals surface area contributed by atoms with E-state index >= 15 is 0 Å². The van der Waals surface area contributed by atoms with Crippen molar-refractivity contribution in [1.82, 2.24) is 14.7 Å². The van der Waals surface area contributed by atoms with E-state index in [9.17, 15) is 4.79 Å². The Morgan fingerprint density at radius 3 is 2.43 bits per heavy atom. The molecule has 0 bridgehead atoms. The highest BCUT2D eigenvalue weighted by Gasteiger charge is 2.16. The molecule has 0 radical (unpaired) electrons. The molecule has 0 aliphatic carbocycles. The number of anilines is 1. The van der Waals surface area contributed by atoms with E-state index in [1.165, 1.54) is 4.68 Å². The summed E-state index contributed by atoms with van der Waals surface area (Å²) in [7, 11) is 5.65. The van der Waals surface area contributed by atoms with Crippen LogP contribution in [-0.2, 0) is 0 Å². The summed E-state index contributed by atoms with van der Waals surface area (Å²) in [6, 6.07) is 17.2. The lowest BCUT2D eigenvalue weighted by Crippen LogP contribution is -2.28. The Morgan fingerprint density at radius 1 is 1.14 bits per heavy atom. The molecule has 3 aromatic rings. The van der Waals surface area contributed by atoms with E-state index in [1.54, 1.807) is 13.3 Å². The molecule has 1 atom stereocenters. The van der Waals surface area contributed by atoms with Crippen molar-refractivity contribution in [3.63, 3.8) is 0 Å². The Labute approximate surface area is 169 Å². The molecule has 1 aromatic heterocycles. The minimum atomic E-state index is -0.358. The van der Waals surface area contributed by atoms with Crippen LogP contribution in [0.2, 0.25) is 5.02 Å². The first kappa shape index (κ1) is 19.9. The number of nitrogens with zero attached hydrogens (tertiary/aromatic N) is 3. The molecule has 2 aromatic carbocycles. The zero-order chi connectivity index (χ0) is 20.1. The average molecular weight is 399 g/mol. The van der Waals surface area contributed by atoms with Gasteiger partial charge in [0.25, 0.3) is 5.56 Å². The number of likely N-dealkylation sites (N-methyl/N-ethyl adjacent to an activating group) is 1. The van der Waals surface area contributed by atoms with Crippen LogP contribution in [0.3, 0.4) is 0 Å². The first-order valence-corrected chi connectivity index (χ1v) is 9.26. The molecule has 6 nitrogen and oxygen atoms in total. The molecule has 1 heterocycles. The summed E-state index contributed by atoms with van der Waals surface area (Å²) in [5.74, 6) is 0.811. The number of para-hydroxylation sites is 1. The summed E-state index contributed by atoms with van der Waals surface area (Å²) < 4.78 is 6.52. The number of benzene rings is 2. The van der Waals surface area contributed by atoms with Gasteiger partial charge >= 0.3 is 0 Å². The molecular formula is C21H23ClN4O2. The van der Waals surface area contributed by atoms with Crippen molar-refractivity contribution in [3.05, 3.63) is 81.7 Å². The summed E-state index contributed by atoms with van der Waals surface area (Å²) in [5, 5.41) is 7.63. The highest BCUT2D eigenvalue weighted by atomic mass is 35.5. The van der Waals surface area contributed by atoms with Crippen molar-refractivity contribution in [2.24, 2.45) is 0 Å². The van der Waals surface area contributed by atoms with Crippen molar-refractivity contribution in [3.8, 4) is 11.4 Å². The van der Waals surface area contributed by atoms with E-state index in [4.69, 9.17) is 16.3 Å². The van der Waals surface area contributed by atoms with Gasteiger partial charge in [0.1, 0.15) is 10.8 Å². The predicted octanol–water partition coefficient (Wildman–Crippen LogP) is 3.61. The summed E-state index contributed by atoms with van der Waals surface area (Å²) >= 11 is 6.33. The molecule has 0 saturated heterocycles. The summed E-state index contributed by atoms with van der Waals surface area (Å²) in [4.78, 5) is 14.7. The Hall–Kier alpha value is -2.83. The van der Waals surface area contributed by atoms with Gasteiger partial charge in [0.15, 0.2) is 0 Å². The molecule has 28 heavy (non-hydrogen) atoms. The first-order chi connectivity index (χ1) is 13.5. The van der Waals surface area contributed by atoms with Crippen molar-refractivity contribution in [1.29, 1.82) is 0 Å². The van der Waals surface area contributed by atoms with Gasteiger partial charge in [-0.25, -0.2) is 0 Å². The van der Waals surface area contributed by atoms with Crippen molar-refractivity contribution in [2.75, 3.05) is 33.1 Å². The van der Waals surface area contributed by atoms with Crippen LogP contribution in [0.5, 0.6) is 5.75 Å². The Bertz CT molecular complexity index is 972. The molecule has 7 heteroatoms. The lowest BCUT2D eigenvalue weighted by molar-refractivity contribution is 0.311. The third-order valence-electron chi connectivity index (χ3n) is 4.53. The number of hydrogen-bond acceptors (Lipinski definition) is 5. The van der Waals surface area contributed by atoms with Gasteiger partial charge in [-0.15, -0.1) is 0 Å². The van der Waals surface area contributed by atoms with E-state index in [1.807, 2.05) is 68.7 Å². The molecule has 0 saturated carbocycles. The molecular weight excluding hydrogens is 376 g/mol. The van der Waals surface area contributed by atoms with E-state index in [-0.39, 0.29) is 16.6 Å². The topological polar surface area (TPSA) is 59.4 Å². The lowest BCUT2D eigenvalue weighted by Gasteiger charge is -2.26. The second kappa shape index (κ2) is 8.91. The van der Waals surface area contributed by atoms with Gasteiger partial charge in [-0.2, -0.15) is 9.78 Å². The fourth-order valence-electron chi connectivity index (χ4n) is 2.94. The molecule has 0 amide bonds. The van der Waals surface area contributed by atoms with Crippen molar-refractivity contribution in [2.45, 2.75) is 6.04 Å². The Kier molecular flexibility index (Phi) is 6.34. The maximum absolute atomic E-state index is 12.6. The summed E-state index contributed by atoms with van der Waals surface area (Å²) in [6.45, 7) is 0.565. The normalized spacial score (nSPS) is 12.0. The van der Waals surface area contributed by atoms with Gasteiger partial charge in [0.05, 0.1) is 30.7 Å². The second-order valence-corrected chi connectivity index (χ2v) is 6.94. The number of rotatable bonds is 7. The third kappa shape index (κ3) is 4.35. The number of hydrogen-bond donors (Lipinski definition) is 1. The molecule has 1 N–H and O–H groups in total. The van der Waals surface area contributed by atoms with Crippen molar-refractivity contribution >= 4 is 17.3 Å². The number of halogens is 1. The molecule has 0 aliphatic rings. The average Bonchev–Trinajstić information content (AvgIpc) is 2.72. The molecule has 1 unspecified atom stereocenters. The summed E-state index contributed by atoms with van der Waals surface area (Å²) in [5.41, 5.74) is 1.95. The number of ether oxygens (including phenoxy) is 1. The van der Waals surface area contributed by atoms with Crippen molar-refractivity contribution < 1.29 is 4.74 Å². The fraction of sp³-hybridized carbons (Fsp3) is 0.238. The van der Waals surface area contributed by atoms with Gasteiger partial charge < -0.3 is 15.0 Å². The zero-order valence-electron chi connectivity index (χ0n) is 16.1. The van der Waals surface area contributed by atoms with Crippen LogP contribution in [0.1, 0.15) is 11.6 Å².